The first-order valence-electron chi connectivity index (χ1n) is 11.6. The van der Waals surface area contributed by atoms with Crippen LogP contribution in [0, 0.1) is 24.5 Å². The molecule has 0 atom stereocenters. The van der Waals surface area contributed by atoms with E-state index in [1.807, 2.05) is 45.9 Å². The van der Waals surface area contributed by atoms with Crippen molar-refractivity contribution in [2.24, 2.45) is 5.92 Å². The Kier molecular flexibility index (Phi) is 6.70. The lowest BCUT2D eigenvalue weighted by molar-refractivity contribution is -0.126. The minimum atomic E-state index is -0.219. The Bertz CT molecular complexity index is 1380. The fraction of sp³-hybridized carbons (Fsp3) is 0.385. The molecule has 3 aromatic rings. The van der Waals surface area contributed by atoms with Crippen molar-refractivity contribution in [2.75, 3.05) is 13.1 Å². The lowest BCUT2D eigenvalue weighted by Crippen LogP contribution is -2.44. The summed E-state index contributed by atoms with van der Waals surface area (Å²) in [5.74, 6) is -0.120. The van der Waals surface area contributed by atoms with Crippen molar-refractivity contribution in [3.05, 3.63) is 68.2 Å². The standard InChI is InChI=1S/C26H30N4O3S/c1-15(2)27-23(31)18-10-12-29(13-11-18)24(32)19-8-9-20-21(14-19)28-26(34)30(25(20)33)22-7-5-6-16(3)17(22)4/h5-9,14-15,18H,10-13H2,1-4H3,(H,27,31)(H,28,34). The van der Waals surface area contributed by atoms with Crippen molar-refractivity contribution in [3.8, 4) is 5.69 Å². The number of carbonyl (C=O) groups is 2. The molecule has 0 saturated carbocycles. The molecule has 1 saturated heterocycles. The van der Waals surface area contributed by atoms with Crippen LogP contribution in [0.1, 0.15) is 48.2 Å². The molecule has 1 aromatic heterocycles. The van der Waals surface area contributed by atoms with Gasteiger partial charge in [0.25, 0.3) is 11.5 Å². The summed E-state index contributed by atoms with van der Waals surface area (Å²) in [4.78, 5) is 43.6. The Hall–Kier alpha value is -3.26. The monoisotopic (exact) mass is 478 g/mol. The summed E-state index contributed by atoms with van der Waals surface area (Å²) in [6, 6.07) is 10.9. The lowest BCUT2D eigenvalue weighted by atomic mass is 9.95. The van der Waals surface area contributed by atoms with Crippen molar-refractivity contribution in [3.63, 3.8) is 0 Å². The van der Waals surface area contributed by atoms with Crippen LogP contribution >= 0.6 is 12.2 Å². The van der Waals surface area contributed by atoms with E-state index in [0.717, 1.165) is 16.8 Å². The van der Waals surface area contributed by atoms with Gasteiger partial charge in [-0.05, 0) is 88.1 Å². The molecule has 1 fully saturated rings. The SMILES string of the molecule is Cc1cccc(-n2c(=S)[nH]c3cc(C(=O)N4CCC(C(=O)NC(C)C)CC4)ccc3c2=O)c1C. The fourth-order valence-electron chi connectivity index (χ4n) is 4.48. The van der Waals surface area contributed by atoms with Crippen LogP contribution in [0.25, 0.3) is 16.6 Å². The molecule has 178 valence electrons. The quantitative estimate of drug-likeness (QED) is 0.554. The zero-order valence-corrected chi connectivity index (χ0v) is 20.8. The van der Waals surface area contributed by atoms with Crippen molar-refractivity contribution in [1.29, 1.82) is 0 Å². The van der Waals surface area contributed by atoms with E-state index in [9.17, 15) is 14.4 Å². The molecule has 0 aliphatic carbocycles. The van der Waals surface area contributed by atoms with Gasteiger partial charge in [0.15, 0.2) is 4.77 Å². The maximum Gasteiger partial charge on any atom is 0.266 e. The third kappa shape index (κ3) is 4.55. The summed E-state index contributed by atoms with van der Waals surface area (Å²) in [5, 5.41) is 3.42. The Morgan fingerprint density at radius 3 is 2.50 bits per heavy atom. The number of aromatic nitrogens is 2. The van der Waals surface area contributed by atoms with Crippen molar-refractivity contribution in [2.45, 2.75) is 46.6 Å². The van der Waals surface area contributed by atoms with E-state index in [4.69, 9.17) is 12.2 Å². The number of hydrogen-bond acceptors (Lipinski definition) is 4. The van der Waals surface area contributed by atoms with Gasteiger partial charge in [0.1, 0.15) is 0 Å². The predicted molar refractivity (Wildman–Crippen MR) is 136 cm³/mol. The Morgan fingerprint density at radius 1 is 1.12 bits per heavy atom. The number of likely N-dealkylation sites (tertiary alicyclic amines) is 1. The first-order valence-corrected chi connectivity index (χ1v) is 12.0. The van der Waals surface area contributed by atoms with E-state index in [-0.39, 0.29) is 34.1 Å². The molecule has 2 N–H and O–H groups in total. The van der Waals surface area contributed by atoms with Gasteiger partial charge >= 0.3 is 0 Å². The van der Waals surface area contributed by atoms with Gasteiger partial charge in [-0.25, -0.2) is 0 Å². The summed E-state index contributed by atoms with van der Waals surface area (Å²) >= 11 is 5.53. The van der Waals surface area contributed by atoms with E-state index in [2.05, 4.69) is 10.3 Å². The summed E-state index contributed by atoms with van der Waals surface area (Å²) < 4.78 is 1.79. The number of benzene rings is 2. The molecule has 0 bridgehead atoms. The second-order valence-corrected chi connectivity index (χ2v) is 9.67. The molecule has 34 heavy (non-hydrogen) atoms. The number of carbonyl (C=O) groups excluding carboxylic acids is 2. The van der Waals surface area contributed by atoms with Gasteiger partial charge in [0.2, 0.25) is 5.91 Å². The van der Waals surface area contributed by atoms with Crippen LogP contribution in [0.2, 0.25) is 0 Å². The van der Waals surface area contributed by atoms with Gasteiger partial charge in [-0.3, -0.25) is 19.0 Å². The zero-order valence-electron chi connectivity index (χ0n) is 20.0. The molecule has 0 unspecified atom stereocenters. The number of rotatable bonds is 4. The minimum absolute atomic E-state index is 0.0560. The normalized spacial score (nSPS) is 14.6. The maximum atomic E-state index is 13.3. The van der Waals surface area contributed by atoms with Crippen molar-refractivity contribution in [1.82, 2.24) is 19.8 Å². The van der Waals surface area contributed by atoms with Crippen LogP contribution in [0.5, 0.6) is 0 Å². The molecule has 7 nitrogen and oxygen atoms in total. The number of nitrogens with one attached hydrogen (secondary N) is 2. The zero-order chi connectivity index (χ0) is 24.6. The number of aryl methyl sites for hydroxylation is 1. The van der Waals surface area contributed by atoms with Gasteiger partial charge in [-0.1, -0.05) is 12.1 Å². The molecule has 1 aliphatic rings. The Labute approximate surface area is 203 Å². The summed E-state index contributed by atoms with van der Waals surface area (Å²) in [6.45, 7) is 8.90. The third-order valence-corrected chi connectivity index (χ3v) is 6.83. The summed E-state index contributed by atoms with van der Waals surface area (Å²) in [5.41, 5.74) is 3.62. The molecule has 4 rings (SSSR count). The van der Waals surface area contributed by atoms with Crippen LogP contribution < -0.4 is 10.9 Å². The van der Waals surface area contributed by atoms with Crippen LogP contribution in [0.3, 0.4) is 0 Å². The molecular formula is C26H30N4O3S. The number of fused-ring (bicyclic) bond motifs is 1. The predicted octanol–water partition coefficient (Wildman–Crippen LogP) is 4.04. The largest absolute Gasteiger partial charge is 0.354 e. The lowest BCUT2D eigenvalue weighted by Gasteiger charge is -2.31. The first-order chi connectivity index (χ1) is 16.2. The van der Waals surface area contributed by atoms with Gasteiger partial charge < -0.3 is 15.2 Å². The molecule has 2 amide bonds. The number of nitrogens with zero attached hydrogens (tertiary/aromatic N) is 2. The van der Waals surface area contributed by atoms with Crippen molar-refractivity contribution >= 4 is 34.9 Å². The Morgan fingerprint density at radius 2 is 1.82 bits per heavy atom. The highest BCUT2D eigenvalue weighted by atomic mass is 32.1. The number of H-pyrrole nitrogens is 1. The van der Waals surface area contributed by atoms with Crippen LogP contribution in [0.15, 0.2) is 41.2 Å². The van der Waals surface area contributed by atoms with Gasteiger partial charge in [0, 0.05) is 30.6 Å². The molecule has 8 heteroatoms. The molecule has 0 radical (unpaired) electrons. The summed E-state index contributed by atoms with van der Waals surface area (Å²) in [6.07, 6.45) is 1.28. The topological polar surface area (TPSA) is 87.2 Å². The van der Waals surface area contributed by atoms with E-state index in [1.54, 1.807) is 23.1 Å². The number of hydrogen-bond donors (Lipinski definition) is 2. The average molecular weight is 479 g/mol. The summed E-state index contributed by atoms with van der Waals surface area (Å²) in [7, 11) is 0. The first kappa shape index (κ1) is 23.9. The number of piperidine rings is 1. The highest BCUT2D eigenvalue weighted by Crippen LogP contribution is 2.22. The van der Waals surface area contributed by atoms with Gasteiger partial charge in [-0.15, -0.1) is 0 Å². The number of amides is 2. The number of aromatic amines is 1. The molecule has 2 aromatic carbocycles. The third-order valence-electron chi connectivity index (χ3n) is 6.55. The molecule has 1 aliphatic heterocycles. The highest BCUT2D eigenvalue weighted by molar-refractivity contribution is 7.71. The van der Waals surface area contributed by atoms with Gasteiger partial charge in [-0.2, -0.15) is 0 Å². The second kappa shape index (κ2) is 9.54. The van der Waals surface area contributed by atoms with E-state index in [1.165, 1.54) is 4.57 Å². The van der Waals surface area contributed by atoms with Gasteiger partial charge in [0.05, 0.1) is 16.6 Å². The fourth-order valence-corrected chi connectivity index (χ4v) is 4.77. The molecule has 2 heterocycles. The van der Waals surface area contributed by atoms with Crippen LogP contribution in [-0.2, 0) is 4.79 Å². The molecular weight excluding hydrogens is 448 g/mol. The molecule has 0 spiro atoms. The van der Waals surface area contributed by atoms with Crippen LogP contribution in [-0.4, -0.2) is 45.4 Å². The van der Waals surface area contributed by atoms with E-state index < -0.39 is 0 Å². The maximum absolute atomic E-state index is 13.3. The average Bonchev–Trinajstić information content (AvgIpc) is 2.80. The second-order valence-electron chi connectivity index (χ2n) is 9.28. The van der Waals surface area contributed by atoms with E-state index >= 15 is 0 Å². The minimum Gasteiger partial charge on any atom is -0.354 e. The van der Waals surface area contributed by atoms with Crippen LogP contribution in [0.4, 0.5) is 0 Å². The smallest absolute Gasteiger partial charge is 0.266 e. The van der Waals surface area contributed by atoms with E-state index in [0.29, 0.717) is 42.4 Å². The van der Waals surface area contributed by atoms with Crippen molar-refractivity contribution < 1.29 is 9.59 Å². The Balaban J connectivity index is 1.60. The highest BCUT2D eigenvalue weighted by Gasteiger charge is 2.28.